The quantitative estimate of drug-likeness (QED) is 0.696. The second-order valence-corrected chi connectivity index (χ2v) is 2.99. The molecule has 2 aromatic rings. The average molecular weight is 190 g/mol. The van der Waals surface area contributed by atoms with Gasteiger partial charge in [0, 0.05) is 10.8 Å². The van der Waals surface area contributed by atoms with Gasteiger partial charge in [-0.1, -0.05) is 36.9 Å². The van der Waals surface area contributed by atoms with E-state index in [2.05, 4.69) is 22.8 Å². The lowest BCUT2D eigenvalue weighted by Gasteiger charge is -1.98. The zero-order chi connectivity index (χ0) is 9.26. The second kappa shape index (κ2) is 3.14. The van der Waals surface area contributed by atoms with Gasteiger partial charge in [0.25, 0.3) is 0 Å². The molecule has 4 heteroatoms. The maximum Gasteiger partial charge on any atom is 0.237 e. The Morgan fingerprint density at radius 3 is 2.85 bits per heavy atom. The number of carbonyl (C=O) groups excluding carboxylic acids is 1. The molecule has 64 valence electrons. The van der Waals surface area contributed by atoms with Gasteiger partial charge in [0.1, 0.15) is 5.69 Å². The van der Waals surface area contributed by atoms with Crippen molar-refractivity contribution in [1.29, 1.82) is 0 Å². The Balaban J connectivity index is 2.83. The molecule has 0 saturated carbocycles. The summed E-state index contributed by atoms with van der Waals surface area (Å²) in [5, 5.41) is 8.78. The molecular formula is C9H6N2OS. The van der Waals surface area contributed by atoms with Gasteiger partial charge in [-0.3, -0.25) is 4.79 Å². The zero-order valence-corrected chi connectivity index (χ0v) is 7.53. The standard InChI is InChI=1S/C9H6N2OS/c12-9(13)8-7-4-2-1-3-6(7)5-10-11-8/h1-5H,(H,12,13). The van der Waals surface area contributed by atoms with E-state index in [1.54, 1.807) is 6.20 Å². The van der Waals surface area contributed by atoms with Gasteiger partial charge in [0.15, 0.2) is 0 Å². The van der Waals surface area contributed by atoms with Crippen molar-refractivity contribution in [2.24, 2.45) is 0 Å². The highest BCUT2D eigenvalue weighted by Crippen LogP contribution is 2.15. The smallest absolute Gasteiger partial charge is 0.237 e. The molecule has 0 amide bonds. The van der Waals surface area contributed by atoms with E-state index in [0.29, 0.717) is 5.69 Å². The van der Waals surface area contributed by atoms with Gasteiger partial charge >= 0.3 is 0 Å². The van der Waals surface area contributed by atoms with Crippen LogP contribution in [0.15, 0.2) is 30.5 Å². The summed E-state index contributed by atoms with van der Waals surface area (Å²) in [6.45, 7) is 0. The molecule has 1 aromatic heterocycles. The van der Waals surface area contributed by atoms with Crippen LogP contribution in [0.3, 0.4) is 0 Å². The molecule has 1 aromatic carbocycles. The molecule has 1 heterocycles. The number of thiol groups is 1. The predicted octanol–water partition coefficient (Wildman–Crippen LogP) is 1.70. The van der Waals surface area contributed by atoms with E-state index in [0.717, 1.165) is 10.8 Å². The first-order valence-electron chi connectivity index (χ1n) is 3.73. The van der Waals surface area contributed by atoms with Gasteiger partial charge in [-0.05, 0) is 0 Å². The fourth-order valence-corrected chi connectivity index (χ4v) is 1.35. The Hall–Kier alpha value is -1.42. The molecule has 0 unspecified atom stereocenters. The number of hydrogen-bond acceptors (Lipinski definition) is 3. The van der Waals surface area contributed by atoms with Crippen molar-refractivity contribution in [3.63, 3.8) is 0 Å². The number of rotatable bonds is 1. The average Bonchev–Trinajstić information content (AvgIpc) is 2.17. The van der Waals surface area contributed by atoms with E-state index in [1.165, 1.54) is 0 Å². The van der Waals surface area contributed by atoms with Gasteiger partial charge < -0.3 is 0 Å². The molecular weight excluding hydrogens is 184 g/mol. The summed E-state index contributed by atoms with van der Waals surface area (Å²) < 4.78 is 0. The maximum absolute atomic E-state index is 11.0. The Bertz CT molecular complexity index is 465. The summed E-state index contributed by atoms with van der Waals surface area (Å²) in [5.74, 6) is 0. The molecule has 0 atom stereocenters. The van der Waals surface area contributed by atoms with Gasteiger partial charge in [0.2, 0.25) is 5.12 Å². The third kappa shape index (κ3) is 1.40. The van der Waals surface area contributed by atoms with Crippen molar-refractivity contribution >= 4 is 28.5 Å². The molecule has 0 aliphatic carbocycles. The lowest BCUT2D eigenvalue weighted by Crippen LogP contribution is -1.97. The summed E-state index contributed by atoms with van der Waals surface area (Å²) in [5.41, 5.74) is 0.307. The summed E-state index contributed by atoms with van der Waals surface area (Å²) in [4.78, 5) is 11.0. The van der Waals surface area contributed by atoms with E-state index in [4.69, 9.17) is 0 Å². The molecule has 0 aliphatic rings. The molecule has 0 spiro atoms. The van der Waals surface area contributed by atoms with E-state index in [1.807, 2.05) is 24.3 Å². The van der Waals surface area contributed by atoms with Crippen molar-refractivity contribution in [3.8, 4) is 0 Å². The molecule has 13 heavy (non-hydrogen) atoms. The number of carbonyl (C=O) groups is 1. The van der Waals surface area contributed by atoms with Crippen molar-refractivity contribution in [2.75, 3.05) is 0 Å². The van der Waals surface area contributed by atoms with Crippen LogP contribution in [0.5, 0.6) is 0 Å². The van der Waals surface area contributed by atoms with Crippen LogP contribution in [0, 0.1) is 0 Å². The molecule has 0 N–H and O–H groups in total. The number of hydrogen-bond donors (Lipinski definition) is 1. The SMILES string of the molecule is O=C(S)c1nncc2ccccc12. The molecule has 0 aliphatic heterocycles. The minimum atomic E-state index is -0.357. The van der Waals surface area contributed by atoms with Crippen LogP contribution in [0.25, 0.3) is 10.8 Å². The first-order valence-corrected chi connectivity index (χ1v) is 4.17. The first kappa shape index (κ1) is 8.19. The van der Waals surface area contributed by atoms with Crippen LogP contribution in [0.4, 0.5) is 0 Å². The number of nitrogens with zero attached hydrogens (tertiary/aromatic N) is 2. The lowest BCUT2D eigenvalue weighted by molar-refractivity contribution is 0.108. The second-order valence-electron chi connectivity index (χ2n) is 2.59. The molecule has 0 bridgehead atoms. The van der Waals surface area contributed by atoms with Gasteiger partial charge in [-0.15, -0.1) is 5.10 Å². The predicted molar refractivity (Wildman–Crippen MR) is 52.9 cm³/mol. The third-order valence-electron chi connectivity index (χ3n) is 1.77. The monoisotopic (exact) mass is 190 g/mol. The first-order chi connectivity index (χ1) is 6.29. The van der Waals surface area contributed by atoms with Crippen LogP contribution >= 0.6 is 12.6 Å². The van der Waals surface area contributed by atoms with Crippen LogP contribution in [-0.2, 0) is 0 Å². The van der Waals surface area contributed by atoms with Crippen molar-refractivity contribution in [2.45, 2.75) is 0 Å². The molecule has 2 rings (SSSR count). The minimum absolute atomic E-state index is 0.307. The highest BCUT2D eigenvalue weighted by molar-refractivity contribution is 7.97. The van der Waals surface area contributed by atoms with E-state index in [-0.39, 0.29) is 5.12 Å². The minimum Gasteiger partial charge on any atom is -0.280 e. The van der Waals surface area contributed by atoms with E-state index >= 15 is 0 Å². The highest BCUT2D eigenvalue weighted by Gasteiger charge is 2.07. The van der Waals surface area contributed by atoms with Gasteiger partial charge in [0.05, 0.1) is 6.20 Å². The summed E-state index contributed by atoms with van der Waals surface area (Å²) in [6, 6.07) is 7.44. The van der Waals surface area contributed by atoms with Crippen LogP contribution in [0.1, 0.15) is 10.5 Å². The van der Waals surface area contributed by atoms with Gasteiger partial charge in [-0.25, -0.2) is 0 Å². The van der Waals surface area contributed by atoms with Crippen molar-refractivity contribution in [1.82, 2.24) is 10.2 Å². The molecule has 0 fully saturated rings. The largest absolute Gasteiger partial charge is 0.280 e. The Labute approximate surface area is 80.2 Å². The number of benzene rings is 1. The van der Waals surface area contributed by atoms with Crippen molar-refractivity contribution in [3.05, 3.63) is 36.2 Å². The van der Waals surface area contributed by atoms with Crippen LogP contribution in [-0.4, -0.2) is 15.3 Å². The van der Waals surface area contributed by atoms with Crippen LogP contribution in [0.2, 0.25) is 0 Å². The molecule has 0 saturated heterocycles. The Morgan fingerprint density at radius 1 is 1.31 bits per heavy atom. The lowest BCUT2D eigenvalue weighted by atomic mass is 10.1. The fourth-order valence-electron chi connectivity index (χ4n) is 1.19. The normalized spacial score (nSPS) is 10.2. The number of fused-ring (bicyclic) bond motifs is 1. The summed E-state index contributed by atoms with van der Waals surface area (Å²) in [7, 11) is 0. The topological polar surface area (TPSA) is 42.9 Å². The zero-order valence-electron chi connectivity index (χ0n) is 6.64. The molecule has 3 nitrogen and oxygen atoms in total. The Kier molecular flexibility index (Phi) is 1.98. The van der Waals surface area contributed by atoms with Crippen molar-refractivity contribution < 1.29 is 4.79 Å². The van der Waals surface area contributed by atoms with Gasteiger partial charge in [-0.2, -0.15) is 5.10 Å². The highest BCUT2D eigenvalue weighted by atomic mass is 32.1. The maximum atomic E-state index is 11.0. The Morgan fingerprint density at radius 2 is 2.08 bits per heavy atom. The van der Waals surface area contributed by atoms with E-state index in [9.17, 15) is 4.79 Å². The van der Waals surface area contributed by atoms with E-state index < -0.39 is 0 Å². The third-order valence-corrected chi connectivity index (χ3v) is 1.98. The summed E-state index contributed by atoms with van der Waals surface area (Å²) >= 11 is 3.72. The van der Waals surface area contributed by atoms with Crippen LogP contribution < -0.4 is 0 Å². The fraction of sp³-hybridized carbons (Fsp3) is 0. The summed E-state index contributed by atoms with van der Waals surface area (Å²) in [6.07, 6.45) is 1.62. The number of aromatic nitrogens is 2. The molecule has 0 radical (unpaired) electrons.